The summed E-state index contributed by atoms with van der Waals surface area (Å²) in [5, 5.41) is 0.802. The van der Waals surface area contributed by atoms with Gasteiger partial charge in [0.1, 0.15) is 6.61 Å². The van der Waals surface area contributed by atoms with Crippen molar-refractivity contribution in [2.24, 2.45) is 17.8 Å². The van der Waals surface area contributed by atoms with Crippen molar-refractivity contribution in [1.82, 2.24) is 0 Å². The maximum Gasteiger partial charge on any atom is 0.309 e. The van der Waals surface area contributed by atoms with Crippen molar-refractivity contribution in [2.45, 2.75) is 17.7 Å². The highest BCUT2D eigenvalue weighted by Gasteiger charge is 2.40. The number of carbonyl (C=O) groups is 1. The highest BCUT2D eigenvalue weighted by Crippen LogP contribution is 2.43. The van der Waals surface area contributed by atoms with E-state index in [9.17, 15) is 4.79 Å². The Hall–Kier alpha value is 0.170. The third-order valence-corrected chi connectivity index (χ3v) is 5.39. The normalized spacial score (nSPS) is 34.4. The molecule has 0 N–H and O–H groups in total. The van der Waals surface area contributed by atoms with Crippen LogP contribution in [-0.4, -0.2) is 22.7 Å². The molecule has 0 aromatic rings. The van der Waals surface area contributed by atoms with Crippen LogP contribution in [0.5, 0.6) is 0 Å². The fraction of sp³-hybridized carbons (Fsp3) is 0.727. The van der Waals surface area contributed by atoms with E-state index in [1.165, 1.54) is 0 Å². The summed E-state index contributed by atoms with van der Waals surface area (Å²) in [5.41, 5.74) is 0. The highest BCUT2D eigenvalue weighted by atomic mass is 79.9. The van der Waals surface area contributed by atoms with Crippen molar-refractivity contribution in [3.05, 3.63) is 12.2 Å². The molecule has 0 heterocycles. The van der Waals surface area contributed by atoms with Gasteiger partial charge in [-0.15, -0.1) is 0 Å². The van der Waals surface area contributed by atoms with Crippen molar-refractivity contribution >= 4 is 37.8 Å². The van der Waals surface area contributed by atoms with E-state index in [4.69, 9.17) is 4.74 Å². The van der Waals surface area contributed by atoms with Crippen LogP contribution in [0.15, 0.2) is 12.2 Å². The summed E-state index contributed by atoms with van der Waals surface area (Å²) in [5.74, 6) is 1.18. The van der Waals surface area contributed by atoms with Gasteiger partial charge in [0.05, 0.1) is 10.7 Å². The first kappa shape index (κ1) is 11.6. The van der Waals surface area contributed by atoms with Crippen LogP contribution >= 0.6 is 31.9 Å². The van der Waals surface area contributed by atoms with Gasteiger partial charge >= 0.3 is 5.97 Å². The molecule has 2 nitrogen and oxygen atoms in total. The van der Waals surface area contributed by atoms with E-state index < -0.39 is 0 Å². The molecule has 4 atom stereocenters. The zero-order valence-electron chi connectivity index (χ0n) is 8.36. The van der Waals surface area contributed by atoms with Gasteiger partial charge in [-0.3, -0.25) is 4.79 Å². The molecule has 0 aliphatic heterocycles. The summed E-state index contributed by atoms with van der Waals surface area (Å²) in [6.45, 7) is 0.460. The van der Waals surface area contributed by atoms with Crippen LogP contribution in [0.3, 0.4) is 0 Å². The molecule has 1 saturated carbocycles. The number of ether oxygens (including phenoxy) is 1. The molecule has 0 radical (unpaired) electrons. The van der Waals surface area contributed by atoms with Gasteiger partial charge in [0.15, 0.2) is 0 Å². The standard InChI is InChI=1S/C11H14Br2O2/c12-5-9(13)6-15-11(14)10-4-7-1-2-8(10)3-7/h1-2,7-10H,3-6H2. The lowest BCUT2D eigenvalue weighted by Crippen LogP contribution is -2.24. The number of allylic oxidation sites excluding steroid dienone is 2. The molecule has 0 spiro atoms. The number of carbonyl (C=O) groups excluding carboxylic acids is 1. The molecule has 2 aliphatic carbocycles. The Balaban J connectivity index is 1.80. The van der Waals surface area contributed by atoms with E-state index in [-0.39, 0.29) is 16.7 Å². The zero-order chi connectivity index (χ0) is 10.8. The zero-order valence-corrected chi connectivity index (χ0v) is 11.5. The maximum absolute atomic E-state index is 11.8. The topological polar surface area (TPSA) is 26.3 Å². The molecule has 0 amide bonds. The number of halogens is 2. The van der Waals surface area contributed by atoms with Gasteiger partial charge in [-0.2, -0.15) is 0 Å². The summed E-state index contributed by atoms with van der Waals surface area (Å²) < 4.78 is 5.28. The number of hydrogen-bond donors (Lipinski definition) is 0. The largest absolute Gasteiger partial charge is 0.464 e. The SMILES string of the molecule is O=C(OCC(Br)CBr)C1CC2C=CC1C2. The van der Waals surface area contributed by atoms with Gasteiger partial charge in [0.2, 0.25) is 0 Å². The Morgan fingerprint density at radius 2 is 2.27 bits per heavy atom. The third kappa shape index (κ3) is 2.64. The number of rotatable bonds is 4. The predicted octanol–water partition coefficient (Wildman–Crippen LogP) is 2.90. The van der Waals surface area contributed by atoms with Crippen molar-refractivity contribution < 1.29 is 9.53 Å². The highest BCUT2D eigenvalue weighted by molar-refractivity contribution is 9.12. The molecular formula is C11H14Br2O2. The van der Waals surface area contributed by atoms with E-state index in [0.29, 0.717) is 18.4 Å². The minimum Gasteiger partial charge on any atom is -0.464 e. The lowest BCUT2D eigenvalue weighted by atomic mass is 9.94. The van der Waals surface area contributed by atoms with Gasteiger partial charge in [0, 0.05) is 5.33 Å². The molecule has 2 aliphatic rings. The molecule has 0 aromatic carbocycles. The number of fused-ring (bicyclic) bond motifs is 2. The molecule has 0 saturated heterocycles. The van der Waals surface area contributed by atoms with Crippen LogP contribution in [0.4, 0.5) is 0 Å². The molecule has 1 fully saturated rings. The molecule has 2 bridgehead atoms. The summed E-state index contributed by atoms with van der Waals surface area (Å²) in [6.07, 6.45) is 6.55. The van der Waals surface area contributed by atoms with E-state index in [1.807, 2.05) is 0 Å². The van der Waals surface area contributed by atoms with Crippen molar-refractivity contribution in [3.63, 3.8) is 0 Å². The van der Waals surface area contributed by atoms with Crippen LogP contribution in [-0.2, 0) is 9.53 Å². The van der Waals surface area contributed by atoms with Crippen LogP contribution in [0, 0.1) is 17.8 Å². The Labute approximate surface area is 107 Å². The average molecular weight is 338 g/mol. The molecule has 2 rings (SSSR count). The number of hydrogen-bond acceptors (Lipinski definition) is 2. The van der Waals surface area contributed by atoms with Gasteiger partial charge in [0.25, 0.3) is 0 Å². The lowest BCUT2D eigenvalue weighted by molar-refractivity contribution is -0.149. The van der Waals surface area contributed by atoms with Crippen LogP contribution in [0.25, 0.3) is 0 Å². The van der Waals surface area contributed by atoms with E-state index in [2.05, 4.69) is 44.0 Å². The second kappa shape index (κ2) is 5.00. The molecule has 15 heavy (non-hydrogen) atoms. The van der Waals surface area contributed by atoms with Gasteiger partial charge in [-0.25, -0.2) is 0 Å². The van der Waals surface area contributed by atoms with Crippen molar-refractivity contribution in [1.29, 1.82) is 0 Å². The molecule has 4 heteroatoms. The molecule has 84 valence electrons. The van der Waals surface area contributed by atoms with E-state index >= 15 is 0 Å². The van der Waals surface area contributed by atoms with Gasteiger partial charge < -0.3 is 4.74 Å². The fourth-order valence-corrected chi connectivity index (χ4v) is 2.69. The Morgan fingerprint density at radius 3 is 2.80 bits per heavy atom. The lowest BCUT2D eigenvalue weighted by Gasteiger charge is -2.17. The summed E-state index contributed by atoms with van der Waals surface area (Å²) in [7, 11) is 0. The van der Waals surface area contributed by atoms with Gasteiger partial charge in [-0.05, 0) is 24.7 Å². The van der Waals surface area contributed by atoms with Crippen LogP contribution < -0.4 is 0 Å². The van der Waals surface area contributed by atoms with Crippen LogP contribution in [0.2, 0.25) is 0 Å². The molecule has 0 aromatic heterocycles. The number of esters is 1. The first-order chi connectivity index (χ1) is 7.20. The summed E-state index contributed by atoms with van der Waals surface area (Å²) in [4.78, 5) is 12.0. The van der Waals surface area contributed by atoms with E-state index in [1.54, 1.807) is 0 Å². The van der Waals surface area contributed by atoms with E-state index in [0.717, 1.165) is 18.2 Å². The number of alkyl halides is 2. The summed E-state index contributed by atoms with van der Waals surface area (Å²) >= 11 is 6.75. The predicted molar refractivity (Wildman–Crippen MR) is 66.3 cm³/mol. The monoisotopic (exact) mass is 336 g/mol. The maximum atomic E-state index is 11.8. The minimum absolute atomic E-state index is 0.0164. The Bertz CT molecular complexity index is 278. The second-order valence-electron chi connectivity index (χ2n) is 4.27. The van der Waals surface area contributed by atoms with Crippen molar-refractivity contribution in [3.8, 4) is 0 Å². The smallest absolute Gasteiger partial charge is 0.309 e. The molecular weight excluding hydrogens is 324 g/mol. The van der Waals surface area contributed by atoms with Crippen molar-refractivity contribution in [2.75, 3.05) is 11.9 Å². The first-order valence-corrected chi connectivity index (χ1v) is 7.29. The van der Waals surface area contributed by atoms with Gasteiger partial charge in [-0.1, -0.05) is 44.0 Å². The molecule has 4 unspecified atom stereocenters. The minimum atomic E-state index is -0.0164. The summed E-state index contributed by atoms with van der Waals surface area (Å²) in [6, 6.07) is 0. The fourth-order valence-electron chi connectivity index (χ4n) is 2.38. The third-order valence-electron chi connectivity index (χ3n) is 3.16. The Morgan fingerprint density at radius 1 is 1.47 bits per heavy atom. The second-order valence-corrected chi connectivity index (χ2v) is 6.21. The van der Waals surface area contributed by atoms with Crippen LogP contribution in [0.1, 0.15) is 12.8 Å². The Kier molecular flexibility index (Phi) is 3.88. The first-order valence-electron chi connectivity index (χ1n) is 5.25. The average Bonchev–Trinajstić information content (AvgIpc) is 2.86. The quantitative estimate of drug-likeness (QED) is 0.448.